The third kappa shape index (κ3) is 4.00. The summed E-state index contributed by atoms with van der Waals surface area (Å²) in [5.41, 5.74) is 2.30. The Balaban J connectivity index is 1.75. The van der Waals surface area contributed by atoms with E-state index in [0.29, 0.717) is 18.4 Å². The number of halogens is 1. The van der Waals surface area contributed by atoms with Crippen LogP contribution in [0.5, 0.6) is 5.88 Å². The van der Waals surface area contributed by atoms with Crippen molar-refractivity contribution in [3.05, 3.63) is 54.0 Å². The standard InChI is InChI=1S/C14H15ClN2O/c15-11-13-5-8-17-14(10-13)18-9-1-2-12-3-6-16-7-4-12/h3-8,10H,1-2,9,11H2. The molecule has 0 radical (unpaired) electrons. The van der Waals surface area contributed by atoms with Gasteiger partial charge in [0.2, 0.25) is 5.88 Å². The first-order valence-corrected chi connectivity index (χ1v) is 6.44. The van der Waals surface area contributed by atoms with Crippen LogP contribution in [0.15, 0.2) is 42.9 Å². The van der Waals surface area contributed by atoms with Crippen LogP contribution in [0.25, 0.3) is 0 Å². The smallest absolute Gasteiger partial charge is 0.213 e. The second kappa shape index (κ2) is 6.97. The lowest BCUT2D eigenvalue weighted by Crippen LogP contribution is -2.01. The Hall–Kier alpha value is -1.61. The number of hydrogen-bond donors (Lipinski definition) is 0. The minimum atomic E-state index is 0.482. The van der Waals surface area contributed by atoms with E-state index in [-0.39, 0.29) is 0 Å². The van der Waals surface area contributed by atoms with Crippen molar-refractivity contribution >= 4 is 11.6 Å². The Morgan fingerprint density at radius 1 is 1.06 bits per heavy atom. The van der Waals surface area contributed by atoms with Crippen LogP contribution in [0, 0.1) is 0 Å². The van der Waals surface area contributed by atoms with Crippen LogP contribution in [-0.2, 0) is 12.3 Å². The summed E-state index contributed by atoms with van der Waals surface area (Å²) in [5.74, 6) is 1.12. The molecule has 0 fully saturated rings. The number of alkyl halides is 1. The molecular weight excluding hydrogens is 248 g/mol. The van der Waals surface area contributed by atoms with Crippen molar-refractivity contribution in [3.8, 4) is 5.88 Å². The fourth-order valence-corrected chi connectivity index (χ4v) is 1.78. The lowest BCUT2D eigenvalue weighted by atomic mass is 10.1. The summed E-state index contributed by atoms with van der Waals surface area (Å²) in [7, 11) is 0. The Kier molecular flexibility index (Phi) is 4.97. The van der Waals surface area contributed by atoms with E-state index in [4.69, 9.17) is 16.3 Å². The van der Waals surface area contributed by atoms with Gasteiger partial charge in [0.25, 0.3) is 0 Å². The van der Waals surface area contributed by atoms with Crippen LogP contribution >= 0.6 is 11.6 Å². The van der Waals surface area contributed by atoms with E-state index in [0.717, 1.165) is 18.4 Å². The number of hydrogen-bond acceptors (Lipinski definition) is 3. The molecular formula is C14H15ClN2O. The van der Waals surface area contributed by atoms with Crippen molar-refractivity contribution in [2.75, 3.05) is 6.61 Å². The Bertz CT molecular complexity index is 476. The van der Waals surface area contributed by atoms with Crippen LogP contribution in [0.4, 0.5) is 0 Å². The zero-order chi connectivity index (χ0) is 12.6. The number of rotatable bonds is 6. The van der Waals surface area contributed by atoms with Crippen molar-refractivity contribution in [2.24, 2.45) is 0 Å². The van der Waals surface area contributed by atoms with Crippen molar-refractivity contribution in [1.29, 1.82) is 0 Å². The maximum Gasteiger partial charge on any atom is 0.213 e. The molecule has 94 valence electrons. The van der Waals surface area contributed by atoms with E-state index in [1.807, 2.05) is 36.7 Å². The molecule has 0 saturated carbocycles. The molecule has 0 spiro atoms. The third-order valence-electron chi connectivity index (χ3n) is 2.56. The van der Waals surface area contributed by atoms with Gasteiger partial charge in [0.15, 0.2) is 0 Å². The molecule has 0 aliphatic carbocycles. The largest absolute Gasteiger partial charge is 0.478 e. The van der Waals surface area contributed by atoms with Crippen LogP contribution < -0.4 is 4.74 Å². The summed E-state index contributed by atoms with van der Waals surface area (Å²) >= 11 is 5.75. The minimum absolute atomic E-state index is 0.482. The summed E-state index contributed by atoms with van der Waals surface area (Å²) < 4.78 is 5.58. The van der Waals surface area contributed by atoms with Crippen molar-refractivity contribution in [2.45, 2.75) is 18.7 Å². The summed E-state index contributed by atoms with van der Waals surface area (Å²) in [6.45, 7) is 0.654. The fraction of sp³-hybridized carbons (Fsp3) is 0.286. The maximum atomic E-state index is 5.75. The Labute approximate surface area is 112 Å². The quantitative estimate of drug-likeness (QED) is 0.592. The van der Waals surface area contributed by atoms with Gasteiger partial charge in [0.05, 0.1) is 6.61 Å². The van der Waals surface area contributed by atoms with E-state index >= 15 is 0 Å². The average Bonchev–Trinajstić information content (AvgIpc) is 2.45. The first-order chi connectivity index (χ1) is 8.88. The Morgan fingerprint density at radius 2 is 1.83 bits per heavy atom. The molecule has 0 bridgehead atoms. The lowest BCUT2D eigenvalue weighted by Gasteiger charge is -2.06. The highest BCUT2D eigenvalue weighted by Gasteiger charge is 1.98. The van der Waals surface area contributed by atoms with Gasteiger partial charge in [-0.15, -0.1) is 11.6 Å². The van der Waals surface area contributed by atoms with Crippen LogP contribution in [0.1, 0.15) is 17.5 Å². The zero-order valence-corrected chi connectivity index (χ0v) is 10.8. The van der Waals surface area contributed by atoms with Gasteiger partial charge >= 0.3 is 0 Å². The fourth-order valence-electron chi connectivity index (χ4n) is 1.61. The molecule has 18 heavy (non-hydrogen) atoms. The highest BCUT2D eigenvalue weighted by atomic mass is 35.5. The normalized spacial score (nSPS) is 10.3. The maximum absolute atomic E-state index is 5.75. The number of ether oxygens (including phenoxy) is 1. The van der Waals surface area contributed by atoms with Gasteiger partial charge in [-0.3, -0.25) is 4.98 Å². The molecule has 2 aromatic rings. The summed E-state index contributed by atoms with van der Waals surface area (Å²) in [4.78, 5) is 8.13. The second-order valence-electron chi connectivity index (χ2n) is 3.94. The number of aromatic nitrogens is 2. The molecule has 0 amide bonds. The molecule has 4 heteroatoms. The van der Waals surface area contributed by atoms with Crippen LogP contribution in [-0.4, -0.2) is 16.6 Å². The molecule has 2 rings (SSSR count). The number of nitrogens with zero attached hydrogens (tertiary/aromatic N) is 2. The summed E-state index contributed by atoms with van der Waals surface area (Å²) in [6, 6.07) is 7.80. The van der Waals surface area contributed by atoms with Gasteiger partial charge in [-0.05, 0) is 42.2 Å². The molecule has 3 nitrogen and oxygen atoms in total. The van der Waals surface area contributed by atoms with Crippen molar-refractivity contribution in [3.63, 3.8) is 0 Å². The number of pyridine rings is 2. The van der Waals surface area contributed by atoms with Crippen molar-refractivity contribution < 1.29 is 4.74 Å². The van der Waals surface area contributed by atoms with Crippen LogP contribution in [0.3, 0.4) is 0 Å². The molecule has 0 unspecified atom stereocenters. The highest BCUT2D eigenvalue weighted by Crippen LogP contribution is 2.11. The first kappa shape index (κ1) is 12.8. The topological polar surface area (TPSA) is 35.0 Å². The average molecular weight is 263 g/mol. The van der Waals surface area contributed by atoms with Crippen molar-refractivity contribution in [1.82, 2.24) is 9.97 Å². The third-order valence-corrected chi connectivity index (χ3v) is 2.87. The lowest BCUT2D eigenvalue weighted by molar-refractivity contribution is 0.299. The molecule has 0 aliphatic heterocycles. The van der Waals surface area contributed by atoms with Gasteiger partial charge in [0.1, 0.15) is 0 Å². The molecule has 0 aliphatic rings. The van der Waals surface area contributed by atoms with E-state index in [9.17, 15) is 0 Å². The molecule has 2 heterocycles. The van der Waals surface area contributed by atoms with Gasteiger partial charge in [-0.1, -0.05) is 0 Å². The highest BCUT2D eigenvalue weighted by molar-refractivity contribution is 6.17. The predicted octanol–water partition coefficient (Wildman–Crippen LogP) is 3.23. The van der Waals surface area contributed by atoms with E-state index in [1.165, 1.54) is 5.56 Å². The van der Waals surface area contributed by atoms with Gasteiger partial charge in [0, 0.05) is 30.5 Å². The molecule has 0 saturated heterocycles. The van der Waals surface area contributed by atoms with Crippen LogP contribution in [0.2, 0.25) is 0 Å². The molecule has 0 N–H and O–H groups in total. The number of aryl methyl sites for hydroxylation is 1. The van der Waals surface area contributed by atoms with Gasteiger partial charge in [-0.25, -0.2) is 4.98 Å². The minimum Gasteiger partial charge on any atom is -0.478 e. The van der Waals surface area contributed by atoms with E-state index in [2.05, 4.69) is 9.97 Å². The summed E-state index contributed by atoms with van der Waals surface area (Å²) in [6.07, 6.45) is 7.27. The molecule has 2 aromatic heterocycles. The molecule has 0 atom stereocenters. The zero-order valence-electron chi connectivity index (χ0n) is 10.1. The van der Waals surface area contributed by atoms with E-state index in [1.54, 1.807) is 6.20 Å². The first-order valence-electron chi connectivity index (χ1n) is 5.91. The Morgan fingerprint density at radius 3 is 2.61 bits per heavy atom. The second-order valence-corrected chi connectivity index (χ2v) is 4.21. The van der Waals surface area contributed by atoms with Gasteiger partial charge in [-0.2, -0.15) is 0 Å². The summed E-state index contributed by atoms with van der Waals surface area (Å²) in [5, 5.41) is 0. The van der Waals surface area contributed by atoms with Gasteiger partial charge < -0.3 is 4.74 Å². The molecule has 0 aromatic carbocycles. The predicted molar refractivity (Wildman–Crippen MR) is 71.8 cm³/mol. The SMILES string of the molecule is ClCc1ccnc(OCCCc2ccncc2)c1. The van der Waals surface area contributed by atoms with E-state index < -0.39 is 0 Å². The monoisotopic (exact) mass is 262 g/mol.